The summed E-state index contributed by atoms with van der Waals surface area (Å²) < 4.78 is 43.7. The van der Waals surface area contributed by atoms with E-state index in [1.807, 2.05) is 4.90 Å². The standard InChI is InChI=1S/C16H17F3N2O2/c1-10-5-13(20-23-10)8-21-9-14(22)7-15(21)11-3-2-4-12(6-11)16(17,18)19/h2-6,14-15,22H,7-9H2,1H3/t14-,15+/m0/s1. The van der Waals surface area contributed by atoms with Gasteiger partial charge in [-0.3, -0.25) is 4.90 Å². The molecule has 0 aliphatic carbocycles. The highest BCUT2D eigenvalue weighted by Crippen LogP contribution is 2.36. The van der Waals surface area contributed by atoms with Gasteiger partial charge in [-0.1, -0.05) is 17.3 Å². The van der Waals surface area contributed by atoms with Crippen molar-refractivity contribution in [2.75, 3.05) is 6.54 Å². The van der Waals surface area contributed by atoms with Gasteiger partial charge < -0.3 is 9.63 Å². The molecule has 1 aromatic heterocycles. The molecule has 0 radical (unpaired) electrons. The first-order valence-corrected chi connectivity index (χ1v) is 7.34. The van der Waals surface area contributed by atoms with Crippen LogP contribution >= 0.6 is 0 Å². The second-order valence-electron chi connectivity index (χ2n) is 5.89. The number of benzene rings is 1. The van der Waals surface area contributed by atoms with E-state index in [1.165, 1.54) is 6.07 Å². The van der Waals surface area contributed by atoms with E-state index in [0.29, 0.717) is 36.5 Å². The third kappa shape index (κ3) is 3.56. The minimum atomic E-state index is -4.37. The van der Waals surface area contributed by atoms with Gasteiger partial charge in [0.05, 0.1) is 17.4 Å². The van der Waals surface area contributed by atoms with Crippen molar-refractivity contribution in [3.05, 3.63) is 52.9 Å². The summed E-state index contributed by atoms with van der Waals surface area (Å²) in [7, 11) is 0. The van der Waals surface area contributed by atoms with E-state index in [2.05, 4.69) is 5.16 Å². The highest BCUT2D eigenvalue weighted by Gasteiger charge is 2.35. The lowest BCUT2D eigenvalue weighted by molar-refractivity contribution is -0.137. The molecule has 2 aromatic rings. The highest BCUT2D eigenvalue weighted by molar-refractivity contribution is 5.29. The first kappa shape index (κ1) is 16.0. The number of hydrogen-bond donors (Lipinski definition) is 1. The Morgan fingerprint density at radius 3 is 2.78 bits per heavy atom. The summed E-state index contributed by atoms with van der Waals surface area (Å²) in [5, 5.41) is 13.8. The normalized spacial score (nSPS) is 22.7. The van der Waals surface area contributed by atoms with E-state index in [1.54, 1.807) is 19.1 Å². The average Bonchev–Trinajstić information content (AvgIpc) is 3.04. The fraction of sp³-hybridized carbons (Fsp3) is 0.438. The van der Waals surface area contributed by atoms with Gasteiger partial charge in [-0.05, 0) is 31.0 Å². The van der Waals surface area contributed by atoms with Crippen LogP contribution in [-0.4, -0.2) is 27.8 Å². The Morgan fingerprint density at radius 2 is 2.13 bits per heavy atom. The second kappa shape index (κ2) is 5.98. The number of alkyl halides is 3. The van der Waals surface area contributed by atoms with Crippen LogP contribution in [-0.2, 0) is 12.7 Å². The van der Waals surface area contributed by atoms with Crippen molar-refractivity contribution in [1.29, 1.82) is 0 Å². The van der Waals surface area contributed by atoms with Crippen LogP contribution in [0.2, 0.25) is 0 Å². The van der Waals surface area contributed by atoms with Gasteiger partial charge in [-0.25, -0.2) is 0 Å². The van der Waals surface area contributed by atoms with Gasteiger partial charge in [0.2, 0.25) is 0 Å². The molecule has 1 aliphatic rings. The van der Waals surface area contributed by atoms with Gasteiger partial charge in [0.25, 0.3) is 0 Å². The Morgan fingerprint density at radius 1 is 1.35 bits per heavy atom. The van der Waals surface area contributed by atoms with Crippen LogP contribution in [0.25, 0.3) is 0 Å². The fourth-order valence-electron chi connectivity index (χ4n) is 3.02. The maximum absolute atomic E-state index is 12.9. The fourth-order valence-corrected chi connectivity index (χ4v) is 3.02. The van der Waals surface area contributed by atoms with E-state index in [9.17, 15) is 18.3 Å². The van der Waals surface area contributed by atoms with Gasteiger partial charge in [0.15, 0.2) is 0 Å². The lowest BCUT2D eigenvalue weighted by Gasteiger charge is -2.24. The van der Waals surface area contributed by atoms with Crippen molar-refractivity contribution in [2.45, 2.75) is 38.2 Å². The number of aromatic nitrogens is 1. The Balaban J connectivity index is 1.84. The lowest BCUT2D eigenvalue weighted by Crippen LogP contribution is -2.24. The summed E-state index contributed by atoms with van der Waals surface area (Å²) in [4.78, 5) is 1.93. The smallest absolute Gasteiger partial charge is 0.392 e. The Hall–Kier alpha value is -1.86. The van der Waals surface area contributed by atoms with E-state index in [4.69, 9.17) is 4.52 Å². The summed E-state index contributed by atoms with van der Waals surface area (Å²) in [6.45, 7) is 2.60. The summed E-state index contributed by atoms with van der Waals surface area (Å²) in [5.74, 6) is 0.676. The van der Waals surface area contributed by atoms with Crippen LogP contribution in [0.5, 0.6) is 0 Å². The van der Waals surface area contributed by atoms with Gasteiger partial charge in [-0.2, -0.15) is 13.2 Å². The number of halogens is 3. The van der Waals surface area contributed by atoms with Crippen molar-refractivity contribution < 1.29 is 22.8 Å². The Bertz CT molecular complexity index is 684. The number of likely N-dealkylation sites (tertiary alicyclic amines) is 1. The highest BCUT2D eigenvalue weighted by atomic mass is 19.4. The van der Waals surface area contributed by atoms with Crippen LogP contribution in [0.3, 0.4) is 0 Å². The number of nitrogens with zero attached hydrogens (tertiary/aromatic N) is 2. The molecule has 0 bridgehead atoms. The molecule has 0 amide bonds. The molecule has 0 saturated carbocycles. The lowest BCUT2D eigenvalue weighted by atomic mass is 10.0. The number of β-amino-alcohol motifs (C(OH)–C–C–N with tert-alkyl or cyclic N) is 1. The largest absolute Gasteiger partial charge is 0.416 e. The van der Waals surface area contributed by atoms with E-state index in [-0.39, 0.29) is 6.04 Å². The monoisotopic (exact) mass is 326 g/mol. The maximum Gasteiger partial charge on any atom is 0.416 e. The van der Waals surface area contributed by atoms with Crippen molar-refractivity contribution in [1.82, 2.24) is 10.1 Å². The SMILES string of the molecule is Cc1cc(CN2C[C@@H](O)C[C@@H]2c2cccc(C(F)(F)F)c2)no1. The zero-order valence-electron chi connectivity index (χ0n) is 12.5. The van der Waals surface area contributed by atoms with E-state index >= 15 is 0 Å². The van der Waals surface area contributed by atoms with Crippen molar-refractivity contribution >= 4 is 0 Å². The van der Waals surface area contributed by atoms with Crippen LogP contribution < -0.4 is 0 Å². The minimum absolute atomic E-state index is 0.274. The van der Waals surface area contributed by atoms with Gasteiger partial charge in [-0.15, -0.1) is 0 Å². The molecule has 7 heteroatoms. The molecule has 4 nitrogen and oxygen atoms in total. The van der Waals surface area contributed by atoms with E-state index in [0.717, 1.165) is 12.1 Å². The average molecular weight is 326 g/mol. The van der Waals surface area contributed by atoms with Gasteiger partial charge in [0.1, 0.15) is 5.76 Å². The molecule has 1 aromatic carbocycles. The molecular formula is C16H17F3N2O2. The molecule has 124 valence electrons. The summed E-state index contributed by atoms with van der Waals surface area (Å²) >= 11 is 0. The van der Waals surface area contributed by atoms with Crippen LogP contribution in [0, 0.1) is 6.92 Å². The van der Waals surface area contributed by atoms with Crippen molar-refractivity contribution in [3.8, 4) is 0 Å². The molecule has 1 fully saturated rings. The van der Waals surface area contributed by atoms with E-state index < -0.39 is 17.8 Å². The zero-order valence-corrected chi connectivity index (χ0v) is 12.5. The first-order chi connectivity index (χ1) is 10.8. The summed E-state index contributed by atoms with van der Waals surface area (Å²) in [6, 6.07) is 6.79. The predicted octanol–water partition coefficient (Wildman–Crippen LogP) is 3.31. The summed E-state index contributed by atoms with van der Waals surface area (Å²) in [6.07, 6.45) is -4.54. The molecule has 1 aliphatic heterocycles. The number of aliphatic hydroxyl groups is 1. The third-order valence-corrected chi connectivity index (χ3v) is 4.02. The van der Waals surface area contributed by atoms with Crippen LogP contribution in [0.1, 0.15) is 35.0 Å². The molecule has 0 unspecified atom stereocenters. The van der Waals surface area contributed by atoms with Gasteiger partial charge >= 0.3 is 6.18 Å². The molecule has 0 spiro atoms. The summed E-state index contributed by atoms with van der Waals surface area (Å²) in [5.41, 5.74) is 0.582. The number of aliphatic hydroxyl groups excluding tert-OH is 1. The number of aryl methyl sites for hydroxylation is 1. The molecule has 2 atom stereocenters. The third-order valence-electron chi connectivity index (χ3n) is 4.02. The van der Waals surface area contributed by atoms with Crippen molar-refractivity contribution in [2.24, 2.45) is 0 Å². The van der Waals surface area contributed by atoms with Gasteiger partial charge in [0, 0.05) is 25.2 Å². The first-order valence-electron chi connectivity index (χ1n) is 7.34. The topological polar surface area (TPSA) is 49.5 Å². The number of hydrogen-bond acceptors (Lipinski definition) is 4. The quantitative estimate of drug-likeness (QED) is 0.940. The second-order valence-corrected chi connectivity index (χ2v) is 5.89. The molecule has 3 rings (SSSR count). The molecule has 23 heavy (non-hydrogen) atoms. The predicted molar refractivity (Wildman–Crippen MR) is 76.5 cm³/mol. The molecule has 1 saturated heterocycles. The van der Waals surface area contributed by atoms with Crippen molar-refractivity contribution in [3.63, 3.8) is 0 Å². The molecule has 1 N–H and O–H groups in total. The zero-order chi connectivity index (χ0) is 16.6. The number of rotatable bonds is 3. The molecule has 2 heterocycles. The Kier molecular flexibility index (Phi) is 4.16. The molecular weight excluding hydrogens is 309 g/mol. The van der Waals surface area contributed by atoms with Crippen LogP contribution in [0.4, 0.5) is 13.2 Å². The maximum atomic E-state index is 12.9. The minimum Gasteiger partial charge on any atom is -0.392 e. The Labute approximate surface area is 131 Å². The van der Waals surface area contributed by atoms with Crippen LogP contribution in [0.15, 0.2) is 34.9 Å².